The number of nitrogens with one attached hydrogen (secondary N) is 1. The Balaban J connectivity index is 1.71. The molecule has 0 saturated carbocycles. The van der Waals surface area contributed by atoms with Crippen LogP contribution in [-0.4, -0.2) is 42.1 Å². The van der Waals surface area contributed by atoms with Crippen LogP contribution < -0.4 is 10.2 Å². The molecule has 9 nitrogen and oxygen atoms in total. The summed E-state index contributed by atoms with van der Waals surface area (Å²) < 4.78 is 22.2. The molecule has 1 unspecified atom stereocenters. The van der Waals surface area contributed by atoms with Gasteiger partial charge in [-0.2, -0.15) is 0 Å². The molecule has 10 heteroatoms. The number of rotatable bonds is 13. The van der Waals surface area contributed by atoms with Gasteiger partial charge in [-0.05, 0) is 56.7 Å². The number of hydrogen-bond donors (Lipinski definition) is 1. The maximum Gasteiger partial charge on any atom is 0.335 e. The molecule has 0 aliphatic rings. The monoisotopic (exact) mass is 501 g/mol. The number of benzene rings is 2. The van der Waals surface area contributed by atoms with Gasteiger partial charge >= 0.3 is 5.97 Å². The molecule has 0 fully saturated rings. The first-order chi connectivity index (χ1) is 17.0. The van der Waals surface area contributed by atoms with Crippen molar-refractivity contribution in [2.24, 2.45) is 0 Å². The van der Waals surface area contributed by atoms with Crippen LogP contribution in [0.25, 0.3) is 17.2 Å². The van der Waals surface area contributed by atoms with Gasteiger partial charge in [0.05, 0.1) is 13.2 Å². The van der Waals surface area contributed by atoms with Gasteiger partial charge in [-0.1, -0.05) is 29.8 Å². The summed E-state index contributed by atoms with van der Waals surface area (Å²) in [6.07, 6.45) is 1.16. The molecule has 186 valence electrons. The van der Waals surface area contributed by atoms with E-state index in [4.69, 9.17) is 35.1 Å². The second kappa shape index (κ2) is 13.5. The molecule has 3 aromatic rings. The molecule has 0 amide bonds. The number of carbonyl (C=O) groups is 1. The SMILES string of the molecule is CCONC(=COc1ccc(CC(OCC)C(=O)OCC)cc1)c1nnc(-c2cccc(Cl)c2)o1. The van der Waals surface area contributed by atoms with Gasteiger partial charge < -0.3 is 18.6 Å². The minimum Gasteiger partial charge on any atom is -0.464 e. The van der Waals surface area contributed by atoms with Gasteiger partial charge in [0.15, 0.2) is 11.8 Å². The predicted octanol–water partition coefficient (Wildman–Crippen LogP) is 4.82. The van der Waals surface area contributed by atoms with E-state index >= 15 is 0 Å². The van der Waals surface area contributed by atoms with Crippen LogP contribution in [0.4, 0.5) is 0 Å². The highest BCUT2D eigenvalue weighted by Gasteiger charge is 2.20. The fourth-order valence-electron chi connectivity index (χ4n) is 3.03. The van der Waals surface area contributed by atoms with Crippen LogP contribution >= 0.6 is 11.6 Å². The summed E-state index contributed by atoms with van der Waals surface area (Å²) in [5.74, 6) is 0.671. The van der Waals surface area contributed by atoms with Crippen molar-refractivity contribution in [2.75, 3.05) is 19.8 Å². The lowest BCUT2D eigenvalue weighted by atomic mass is 10.1. The summed E-state index contributed by atoms with van der Waals surface area (Å²) in [5.41, 5.74) is 4.69. The van der Waals surface area contributed by atoms with Crippen molar-refractivity contribution in [1.82, 2.24) is 15.7 Å². The molecule has 35 heavy (non-hydrogen) atoms. The number of halogens is 1. The highest BCUT2D eigenvalue weighted by atomic mass is 35.5. The zero-order valence-corrected chi connectivity index (χ0v) is 20.6. The molecule has 0 aliphatic carbocycles. The van der Waals surface area contributed by atoms with E-state index in [1.54, 1.807) is 37.3 Å². The summed E-state index contributed by atoms with van der Waals surface area (Å²) in [4.78, 5) is 17.4. The molecule has 3 rings (SSSR count). The number of nitrogens with zero attached hydrogens (tertiary/aromatic N) is 2. The minimum atomic E-state index is -0.653. The van der Waals surface area contributed by atoms with Crippen molar-refractivity contribution in [1.29, 1.82) is 0 Å². The van der Waals surface area contributed by atoms with E-state index in [0.717, 1.165) is 5.56 Å². The minimum absolute atomic E-state index is 0.180. The Morgan fingerprint density at radius 3 is 2.57 bits per heavy atom. The first-order valence-corrected chi connectivity index (χ1v) is 11.6. The number of hydrogen-bond acceptors (Lipinski definition) is 9. The van der Waals surface area contributed by atoms with Gasteiger partial charge in [0.1, 0.15) is 12.0 Å². The van der Waals surface area contributed by atoms with Crippen molar-refractivity contribution in [3.8, 4) is 17.2 Å². The number of esters is 1. The number of carbonyl (C=O) groups excluding carboxylic acids is 1. The summed E-state index contributed by atoms with van der Waals surface area (Å²) in [6.45, 7) is 6.57. The van der Waals surface area contributed by atoms with Crippen molar-refractivity contribution in [3.63, 3.8) is 0 Å². The molecule has 2 aromatic carbocycles. The molecular weight excluding hydrogens is 474 g/mol. The largest absolute Gasteiger partial charge is 0.464 e. The maximum atomic E-state index is 12.1. The van der Waals surface area contributed by atoms with E-state index in [9.17, 15) is 4.79 Å². The standard InChI is InChI=1S/C25H28ClN3O6/c1-4-31-22(25(30)32-5-2)14-17-10-12-20(13-11-17)33-16-21(29-34-6-3)24-28-27-23(35-24)18-8-7-9-19(26)15-18/h7-13,15-16,22,29H,4-6,14H2,1-3H3. The summed E-state index contributed by atoms with van der Waals surface area (Å²) >= 11 is 6.05. The van der Waals surface area contributed by atoms with E-state index < -0.39 is 6.10 Å². The molecular formula is C25H28ClN3O6. The predicted molar refractivity (Wildman–Crippen MR) is 130 cm³/mol. The van der Waals surface area contributed by atoms with E-state index in [2.05, 4.69) is 15.7 Å². The van der Waals surface area contributed by atoms with E-state index in [1.165, 1.54) is 6.26 Å². The van der Waals surface area contributed by atoms with Crippen LogP contribution in [0, 0.1) is 0 Å². The summed E-state index contributed by atoms with van der Waals surface area (Å²) in [6, 6.07) is 14.4. The van der Waals surface area contributed by atoms with Gasteiger partial charge in [0.25, 0.3) is 5.89 Å². The van der Waals surface area contributed by atoms with Crippen molar-refractivity contribution in [2.45, 2.75) is 33.3 Å². The molecule has 0 radical (unpaired) electrons. The fraction of sp³-hybridized carbons (Fsp3) is 0.320. The molecule has 0 saturated heterocycles. The second-order valence-corrected chi connectivity index (χ2v) is 7.59. The van der Waals surface area contributed by atoms with Gasteiger partial charge in [-0.3, -0.25) is 10.3 Å². The van der Waals surface area contributed by atoms with Crippen LogP contribution in [0.1, 0.15) is 32.2 Å². The van der Waals surface area contributed by atoms with Crippen LogP contribution in [0.2, 0.25) is 5.02 Å². The Hall–Kier alpha value is -3.40. The van der Waals surface area contributed by atoms with Gasteiger partial charge in [-0.15, -0.1) is 10.2 Å². The normalized spacial score (nSPS) is 12.3. The Bertz CT molecular complexity index is 1120. The van der Waals surface area contributed by atoms with Crippen LogP contribution in [0.5, 0.6) is 5.75 Å². The highest BCUT2D eigenvalue weighted by molar-refractivity contribution is 6.30. The molecule has 1 aromatic heterocycles. The molecule has 1 N–H and O–H groups in total. The lowest BCUT2D eigenvalue weighted by molar-refractivity contribution is -0.156. The number of hydroxylamine groups is 1. The number of aromatic nitrogens is 2. The lowest BCUT2D eigenvalue weighted by Crippen LogP contribution is -2.28. The van der Waals surface area contributed by atoms with Gasteiger partial charge in [-0.25, -0.2) is 4.79 Å². The molecule has 0 aliphatic heterocycles. The quantitative estimate of drug-likeness (QED) is 0.200. The van der Waals surface area contributed by atoms with Crippen molar-refractivity contribution < 1.29 is 28.3 Å². The maximum absolute atomic E-state index is 12.1. The second-order valence-electron chi connectivity index (χ2n) is 7.15. The Labute approximate surface area is 208 Å². The van der Waals surface area contributed by atoms with Crippen molar-refractivity contribution in [3.05, 3.63) is 71.3 Å². The van der Waals surface area contributed by atoms with E-state index in [0.29, 0.717) is 54.2 Å². The average molecular weight is 502 g/mol. The molecule has 0 spiro atoms. The van der Waals surface area contributed by atoms with Crippen LogP contribution in [0.3, 0.4) is 0 Å². The number of ether oxygens (including phenoxy) is 3. The van der Waals surface area contributed by atoms with Crippen LogP contribution in [-0.2, 0) is 25.5 Å². The third-order valence-corrected chi connectivity index (χ3v) is 4.86. The van der Waals surface area contributed by atoms with E-state index in [-0.39, 0.29) is 11.9 Å². The first kappa shape index (κ1) is 26.2. The summed E-state index contributed by atoms with van der Waals surface area (Å²) in [5, 5.41) is 8.71. The zero-order chi connectivity index (χ0) is 25.0. The third kappa shape index (κ3) is 7.81. The first-order valence-electron chi connectivity index (χ1n) is 11.3. The van der Waals surface area contributed by atoms with Gasteiger partial charge in [0, 0.05) is 23.6 Å². The Kier molecular flexibility index (Phi) is 10.1. The van der Waals surface area contributed by atoms with E-state index in [1.807, 2.05) is 32.0 Å². The summed E-state index contributed by atoms with van der Waals surface area (Å²) in [7, 11) is 0. The van der Waals surface area contributed by atoms with Gasteiger partial charge in [0.2, 0.25) is 5.89 Å². The molecule has 1 heterocycles. The topological polar surface area (TPSA) is 105 Å². The third-order valence-electron chi connectivity index (χ3n) is 4.63. The zero-order valence-electron chi connectivity index (χ0n) is 19.8. The molecule has 0 bridgehead atoms. The lowest BCUT2D eigenvalue weighted by Gasteiger charge is -2.15. The fourth-order valence-corrected chi connectivity index (χ4v) is 3.22. The van der Waals surface area contributed by atoms with Crippen LogP contribution in [0.15, 0.2) is 59.2 Å². The average Bonchev–Trinajstić information content (AvgIpc) is 3.35. The smallest absolute Gasteiger partial charge is 0.335 e. The molecule has 1 atom stereocenters. The Morgan fingerprint density at radius 1 is 1.09 bits per heavy atom. The highest BCUT2D eigenvalue weighted by Crippen LogP contribution is 2.24. The Morgan fingerprint density at radius 2 is 1.89 bits per heavy atom. The van der Waals surface area contributed by atoms with Crippen molar-refractivity contribution >= 4 is 23.3 Å².